The summed E-state index contributed by atoms with van der Waals surface area (Å²) in [5.41, 5.74) is -1.31. The average Bonchev–Trinajstić information content (AvgIpc) is 3.27. The number of benzene rings is 1. The monoisotopic (exact) mass is 594 g/mol. The number of Topliss-reactive ketones (excluding diaryl/α,β-unsaturated/α-hetero) is 1. The van der Waals surface area contributed by atoms with Gasteiger partial charge in [0, 0.05) is 24.2 Å². The van der Waals surface area contributed by atoms with Crippen molar-refractivity contribution in [3.8, 4) is 5.88 Å². The third-order valence-corrected chi connectivity index (χ3v) is 11.0. The van der Waals surface area contributed by atoms with Crippen LogP contribution in [0.1, 0.15) is 76.0 Å². The van der Waals surface area contributed by atoms with Crippen LogP contribution in [-0.2, 0) is 31.2 Å². The number of hydrogen-bond acceptors (Lipinski definition) is 9. The van der Waals surface area contributed by atoms with Crippen molar-refractivity contribution in [2.45, 2.75) is 88.6 Å². The summed E-state index contributed by atoms with van der Waals surface area (Å²) in [6, 6.07) is 4.15. The highest BCUT2D eigenvalue weighted by molar-refractivity contribution is 7.96. The second kappa shape index (κ2) is 10.8. The van der Waals surface area contributed by atoms with Gasteiger partial charge in [-0.2, -0.15) is 8.78 Å². The van der Waals surface area contributed by atoms with Gasteiger partial charge in [0.2, 0.25) is 5.88 Å². The summed E-state index contributed by atoms with van der Waals surface area (Å²) in [4.78, 5) is 38.1. The minimum absolute atomic E-state index is 0.0848. The molecule has 2 aliphatic heterocycles. The lowest BCUT2D eigenvalue weighted by atomic mass is 9.84. The average molecular weight is 595 g/mol. The molecule has 0 aliphatic carbocycles. The summed E-state index contributed by atoms with van der Waals surface area (Å²) in [7, 11) is -3.01. The van der Waals surface area contributed by atoms with Gasteiger partial charge < -0.3 is 9.47 Å². The smallest absolute Gasteiger partial charge is 0.388 e. The first-order valence-corrected chi connectivity index (χ1v) is 14.7. The number of rotatable bonds is 8. The summed E-state index contributed by atoms with van der Waals surface area (Å²) in [6.45, 7) is 7.61. The molecule has 0 amide bonds. The van der Waals surface area contributed by atoms with Gasteiger partial charge in [0.1, 0.15) is 22.7 Å². The van der Waals surface area contributed by atoms with Crippen molar-refractivity contribution in [1.82, 2.24) is 9.97 Å². The van der Waals surface area contributed by atoms with Crippen LogP contribution < -0.4 is 4.74 Å². The Morgan fingerprint density at radius 2 is 1.83 bits per heavy atom. The highest BCUT2D eigenvalue weighted by Crippen LogP contribution is 2.49. The van der Waals surface area contributed by atoms with Crippen LogP contribution in [0.5, 0.6) is 5.88 Å². The fraction of sp³-hybridized carbons (Fsp3) is 0.536. The fourth-order valence-corrected chi connectivity index (χ4v) is 8.55. The van der Waals surface area contributed by atoms with Gasteiger partial charge in [-0.3, -0.25) is 14.6 Å². The van der Waals surface area contributed by atoms with E-state index in [1.54, 1.807) is 41.5 Å². The number of esters is 1. The molecule has 3 heterocycles. The SMILES string of the molecule is CC(C)(C)OC(=O)CC1=N[C@](C)(c2cc(CC(=O)c3cnc(OC(F)F)cn3)ccc2F)[C@@H]2CCN=[S@]2(=O)C1(C)C. The van der Waals surface area contributed by atoms with E-state index in [1.807, 2.05) is 0 Å². The molecule has 0 saturated heterocycles. The van der Waals surface area contributed by atoms with Crippen molar-refractivity contribution in [3.63, 3.8) is 0 Å². The molecule has 0 N–H and O–H groups in total. The van der Waals surface area contributed by atoms with E-state index in [0.29, 0.717) is 24.2 Å². The van der Waals surface area contributed by atoms with Crippen LogP contribution >= 0.6 is 0 Å². The zero-order valence-corrected chi connectivity index (χ0v) is 24.6. The summed E-state index contributed by atoms with van der Waals surface area (Å²) in [6.07, 6.45) is 1.92. The Bertz CT molecular complexity index is 1510. The highest BCUT2D eigenvalue weighted by Gasteiger charge is 2.57. The molecular formula is C28H33F3N4O5S. The minimum Gasteiger partial charge on any atom is -0.460 e. The number of halogens is 3. The molecule has 3 atom stereocenters. The Morgan fingerprint density at radius 3 is 2.44 bits per heavy atom. The van der Waals surface area contributed by atoms with Gasteiger partial charge in [-0.15, -0.1) is 0 Å². The quantitative estimate of drug-likeness (QED) is 0.309. The van der Waals surface area contributed by atoms with Crippen molar-refractivity contribution >= 4 is 27.2 Å². The van der Waals surface area contributed by atoms with E-state index in [1.165, 1.54) is 18.2 Å². The fourth-order valence-electron chi connectivity index (χ4n) is 5.28. The maximum absolute atomic E-state index is 15.5. The summed E-state index contributed by atoms with van der Waals surface area (Å²) in [5, 5.41) is -0.638. The maximum Gasteiger partial charge on any atom is 0.388 e. The molecule has 2 aliphatic rings. The Morgan fingerprint density at radius 1 is 1.12 bits per heavy atom. The van der Waals surface area contributed by atoms with E-state index in [2.05, 4.69) is 19.1 Å². The first-order valence-electron chi connectivity index (χ1n) is 13.1. The molecule has 0 fully saturated rings. The van der Waals surface area contributed by atoms with Crippen LogP contribution in [0.2, 0.25) is 0 Å². The Kier molecular flexibility index (Phi) is 8.07. The van der Waals surface area contributed by atoms with Crippen LogP contribution in [0.3, 0.4) is 0 Å². The standard InChI is InChI=1S/C28H33F3N4O5S/c1-26(2,3)40-24(37)13-21-27(4,5)41(38)22(9-10-34-41)28(6,35-21)17-11-16(7-8-18(17)29)12-20(36)19-14-33-23(15-32-19)39-25(30)31/h7-8,11,14-15,22,25H,9-10,12-13H2,1-6H3/t22-,28+,41+/m0/s1. The zero-order chi connectivity index (χ0) is 30.4. The minimum atomic E-state index is -3.08. The number of hydrogen-bond donors (Lipinski definition) is 0. The highest BCUT2D eigenvalue weighted by atomic mass is 32.2. The van der Waals surface area contributed by atoms with Crippen molar-refractivity contribution in [1.29, 1.82) is 0 Å². The first-order chi connectivity index (χ1) is 19.0. The van der Waals surface area contributed by atoms with E-state index >= 15 is 4.39 Å². The van der Waals surface area contributed by atoms with Crippen molar-refractivity contribution in [2.75, 3.05) is 6.54 Å². The van der Waals surface area contributed by atoms with Gasteiger partial charge in [-0.1, -0.05) is 6.07 Å². The summed E-state index contributed by atoms with van der Waals surface area (Å²) in [5.74, 6) is -2.07. The third kappa shape index (κ3) is 6.00. The predicted molar refractivity (Wildman–Crippen MR) is 146 cm³/mol. The number of ether oxygens (including phenoxy) is 2. The molecule has 4 rings (SSSR count). The topological polar surface area (TPSA) is 120 Å². The van der Waals surface area contributed by atoms with Crippen LogP contribution in [0.25, 0.3) is 0 Å². The van der Waals surface area contributed by atoms with Gasteiger partial charge in [-0.05, 0) is 65.7 Å². The molecule has 13 heteroatoms. The van der Waals surface area contributed by atoms with E-state index in [0.717, 1.165) is 12.4 Å². The number of ketones is 1. The Hall–Kier alpha value is -3.35. The number of carbonyl (C=O) groups is 2. The van der Waals surface area contributed by atoms with Gasteiger partial charge in [0.05, 0.1) is 38.5 Å². The Labute approximate surface area is 237 Å². The largest absolute Gasteiger partial charge is 0.460 e. The number of nitrogens with zero attached hydrogens (tertiary/aromatic N) is 4. The summed E-state index contributed by atoms with van der Waals surface area (Å²) < 4.78 is 67.9. The number of fused-ring (bicyclic) bond motifs is 1. The second-order valence-electron chi connectivity index (χ2n) is 11.7. The van der Waals surface area contributed by atoms with Crippen LogP contribution in [0.15, 0.2) is 39.9 Å². The van der Waals surface area contributed by atoms with E-state index in [9.17, 15) is 22.6 Å². The Balaban J connectivity index is 1.71. The lowest BCUT2D eigenvalue weighted by molar-refractivity contribution is -0.153. The number of carbonyl (C=O) groups excluding carboxylic acids is 2. The van der Waals surface area contributed by atoms with E-state index in [-0.39, 0.29) is 24.1 Å². The van der Waals surface area contributed by atoms with E-state index in [4.69, 9.17) is 9.73 Å². The van der Waals surface area contributed by atoms with Crippen LogP contribution in [0.4, 0.5) is 13.2 Å². The molecule has 0 radical (unpaired) electrons. The van der Waals surface area contributed by atoms with Crippen LogP contribution in [-0.4, -0.2) is 60.4 Å². The molecule has 222 valence electrons. The first kappa shape index (κ1) is 30.6. The molecule has 0 saturated carbocycles. The molecule has 0 spiro atoms. The molecule has 0 unspecified atom stereocenters. The molecule has 41 heavy (non-hydrogen) atoms. The number of alkyl halides is 2. The number of aliphatic imine (C=N–C) groups is 1. The van der Waals surface area contributed by atoms with Gasteiger partial charge >= 0.3 is 12.6 Å². The summed E-state index contributed by atoms with van der Waals surface area (Å²) >= 11 is 0. The van der Waals surface area contributed by atoms with Gasteiger partial charge in [0.15, 0.2) is 5.78 Å². The van der Waals surface area contributed by atoms with Crippen LogP contribution in [0, 0.1) is 5.82 Å². The molecule has 1 aromatic carbocycles. The molecule has 2 aromatic rings. The van der Waals surface area contributed by atoms with Crippen molar-refractivity contribution in [3.05, 3.63) is 53.2 Å². The second-order valence-corrected chi connectivity index (χ2v) is 14.7. The zero-order valence-electron chi connectivity index (χ0n) is 23.7. The normalized spacial score (nSPS) is 25.2. The molecule has 9 nitrogen and oxygen atoms in total. The van der Waals surface area contributed by atoms with Crippen molar-refractivity contribution in [2.24, 2.45) is 9.36 Å². The molecule has 0 bridgehead atoms. The predicted octanol–water partition coefficient (Wildman–Crippen LogP) is 5.06. The molecular weight excluding hydrogens is 561 g/mol. The third-order valence-electron chi connectivity index (χ3n) is 7.28. The van der Waals surface area contributed by atoms with Crippen molar-refractivity contribution < 1.29 is 36.4 Å². The van der Waals surface area contributed by atoms with Gasteiger partial charge in [-0.25, -0.2) is 22.9 Å². The van der Waals surface area contributed by atoms with Gasteiger partial charge in [0.25, 0.3) is 0 Å². The molecule has 1 aromatic heterocycles. The lowest BCUT2D eigenvalue weighted by Gasteiger charge is -2.46. The number of aromatic nitrogens is 2. The maximum atomic E-state index is 15.5. The lowest BCUT2D eigenvalue weighted by Crippen LogP contribution is -2.56. The van der Waals surface area contributed by atoms with E-state index < -0.39 is 60.9 Å².